The summed E-state index contributed by atoms with van der Waals surface area (Å²) in [5.74, 6) is 1.73. The summed E-state index contributed by atoms with van der Waals surface area (Å²) in [6, 6.07) is 5.39. The molecule has 0 unspecified atom stereocenters. The van der Waals surface area contributed by atoms with Gasteiger partial charge < -0.3 is 25.2 Å². The summed E-state index contributed by atoms with van der Waals surface area (Å²) in [6.45, 7) is 5.10. The molecule has 6 nitrogen and oxygen atoms in total. The first-order valence-electron chi connectivity index (χ1n) is 10.2. The highest BCUT2D eigenvalue weighted by molar-refractivity contribution is 5.79. The first-order chi connectivity index (χ1) is 13.2. The van der Waals surface area contributed by atoms with Gasteiger partial charge in [0.05, 0.1) is 13.2 Å². The Balaban J connectivity index is 1.68. The second-order valence-electron chi connectivity index (χ2n) is 6.92. The third kappa shape index (κ3) is 8.08. The molecule has 0 bridgehead atoms. The van der Waals surface area contributed by atoms with Gasteiger partial charge in [0, 0.05) is 32.3 Å². The van der Waals surface area contributed by atoms with E-state index >= 15 is 0 Å². The lowest BCUT2D eigenvalue weighted by Crippen LogP contribution is -2.38. The molecule has 6 heteroatoms. The number of rotatable bonds is 10. The molecule has 0 aliphatic heterocycles. The van der Waals surface area contributed by atoms with Gasteiger partial charge in [-0.15, -0.1) is 0 Å². The zero-order valence-corrected chi connectivity index (χ0v) is 16.8. The first-order valence-corrected chi connectivity index (χ1v) is 10.2. The third-order valence-corrected chi connectivity index (χ3v) is 4.80. The van der Waals surface area contributed by atoms with E-state index in [1.807, 2.05) is 12.1 Å². The molecule has 0 aromatic heterocycles. The van der Waals surface area contributed by atoms with Gasteiger partial charge in [0.25, 0.3) is 0 Å². The largest absolute Gasteiger partial charge is 0.508 e. The van der Waals surface area contributed by atoms with Crippen molar-refractivity contribution in [3.8, 4) is 11.5 Å². The SMILES string of the molecule is CCNC(=NCCCOC1CCCCC1)NCCc1ccc(OC)cc1O. The summed E-state index contributed by atoms with van der Waals surface area (Å²) in [5, 5.41) is 16.6. The van der Waals surface area contributed by atoms with Crippen molar-refractivity contribution in [3.05, 3.63) is 23.8 Å². The molecule has 1 fully saturated rings. The number of benzene rings is 1. The van der Waals surface area contributed by atoms with Crippen molar-refractivity contribution < 1.29 is 14.6 Å². The average Bonchev–Trinajstić information content (AvgIpc) is 2.69. The summed E-state index contributed by atoms with van der Waals surface area (Å²) < 4.78 is 11.1. The third-order valence-electron chi connectivity index (χ3n) is 4.80. The Kier molecular flexibility index (Phi) is 9.84. The Labute approximate surface area is 163 Å². The summed E-state index contributed by atoms with van der Waals surface area (Å²) in [5.41, 5.74) is 0.889. The van der Waals surface area contributed by atoms with Gasteiger partial charge in [-0.1, -0.05) is 25.3 Å². The Morgan fingerprint density at radius 3 is 2.74 bits per heavy atom. The summed E-state index contributed by atoms with van der Waals surface area (Å²) in [7, 11) is 1.59. The highest BCUT2D eigenvalue weighted by Crippen LogP contribution is 2.23. The minimum absolute atomic E-state index is 0.262. The molecule has 1 saturated carbocycles. The monoisotopic (exact) mass is 377 g/mol. The lowest BCUT2D eigenvalue weighted by atomic mass is 9.98. The second kappa shape index (κ2) is 12.4. The molecule has 1 aliphatic carbocycles. The van der Waals surface area contributed by atoms with Gasteiger partial charge in [0.2, 0.25) is 0 Å². The Morgan fingerprint density at radius 1 is 1.22 bits per heavy atom. The lowest BCUT2D eigenvalue weighted by molar-refractivity contribution is 0.0281. The van der Waals surface area contributed by atoms with E-state index in [9.17, 15) is 5.11 Å². The molecule has 0 amide bonds. The highest BCUT2D eigenvalue weighted by atomic mass is 16.5. The van der Waals surface area contributed by atoms with Crippen LogP contribution in [0.1, 0.15) is 51.0 Å². The Morgan fingerprint density at radius 2 is 2.04 bits per heavy atom. The number of guanidine groups is 1. The quantitative estimate of drug-likeness (QED) is 0.332. The predicted octanol–water partition coefficient (Wildman–Crippen LogP) is 3.24. The topological polar surface area (TPSA) is 75.1 Å². The van der Waals surface area contributed by atoms with Crippen LogP contribution in [0.4, 0.5) is 0 Å². The maximum absolute atomic E-state index is 10.0. The van der Waals surface area contributed by atoms with E-state index in [1.165, 1.54) is 32.1 Å². The number of hydrogen-bond donors (Lipinski definition) is 3. The van der Waals surface area contributed by atoms with E-state index in [0.29, 0.717) is 24.8 Å². The predicted molar refractivity (Wildman–Crippen MR) is 110 cm³/mol. The number of aromatic hydroxyl groups is 1. The van der Waals surface area contributed by atoms with E-state index in [1.54, 1.807) is 13.2 Å². The fourth-order valence-electron chi connectivity index (χ4n) is 3.28. The Hall–Kier alpha value is -1.95. The maximum atomic E-state index is 10.0. The molecule has 0 saturated heterocycles. The molecule has 152 valence electrons. The molecule has 3 N–H and O–H groups in total. The van der Waals surface area contributed by atoms with E-state index in [0.717, 1.165) is 37.6 Å². The van der Waals surface area contributed by atoms with Crippen LogP contribution >= 0.6 is 0 Å². The number of aliphatic imine (C=N–C) groups is 1. The van der Waals surface area contributed by atoms with Crippen LogP contribution in [-0.2, 0) is 11.2 Å². The summed E-state index contributed by atoms with van der Waals surface area (Å²) in [4.78, 5) is 4.61. The fraction of sp³-hybridized carbons (Fsp3) is 0.667. The molecule has 1 aliphatic rings. The van der Waals surface area contributed by atoms with Crippen molar-refractivity contribution in [2.75, 3.05) is 33.4 Å². The maximum Gasteiger partial charge on any atom is 0.191 e. The number of methoxy groups -OCH3 is 1. The number of ether oxygens (including phenoxy) is 2. The molecule has 0 spiro atoms. The summed E-state index contributed by atoms with van der Waals surface area (Å²) in [6.07, 6.45) is 8.51. The zero-order valence-electron chi connectivity index (χ0n) is 16.8. The average molecular weight is 378 g/mol. The zero-order chi connectivity index (χ0) is 19.3. The normalized spacial score (nSPS) is 15.6. The van der Waals surface area contributed by atoms with Crippen molar-refractivity contribution in [2.45, 2.75) is 58.0 Å². The van der Waals surface area contributed by atoms with Gasteiger partial charge in [-0.25, -0.2) is 0 Å². The minimum Gasteiger partial charge on any atom is -0.508 e. The number of phenolic OH excluding ortho intramolecular Hbond substituents is 1. The molecule has 0 atom stereocenters. The van der Waals surface area contributed by atoms with Crippen molar-refractivity contribution in [3.63, 3.8) is 0 Å². The molecule has 0 radical (unpaired) electrons. The number of nitrogens with one attached hydrogen (secondary N) is 2. The Bertz CT molecular complexity index is 572. The van der Waals surface area contributed by atoms with Crippen molar-refractivity contribution in [1.29, 1.82) is 0 Å². The molecular weight excluding hydrogens is 342 g/mol. The van der Waals surface area contributed by atoms with Crippen LogP contribution in [0.5, 0.6) is 11.5 Å². The van der Waals surface area contributed by atoms with E-state index in [-0.39, 0.29) is 5.75 Å². The molecule has 1 aromatic rings. The van der Waals surface area contributed by atoms with Gasteiger partial charge >= 0.3 is 0 Å². The van der Waals surface area contributed by atoms with Crippen molar-refractivity contribution in [2.24, 2.45) is 4.99 Å². The number of nitrogens with zero attached hydrogens (tertiary/aromatic N) is 1. The van der Waals surface area contributed by atoms with E-state index in [2.05, 4.69) is 22.5 Å². The van der Waals surface area contributed by atoms with Gasteiger partial charge in [0.1, 0.15) is 11.5 Å². The van der Waals surface area contributed by atoms with Gasteiger partial charge in [-0.2, -0.15) is 0 Å². The van der Waals surface area contributed by atoms with Crippen LogP contribution in [0.3, 0.4) is 0 Å². The summed E-state index contributed by atoms with van der Waals surface area (Å²) >= 11 is 0. The van der Waals surface area contributed by atoms with Crippen molar-refractivity contribution in [1.82, 2.24) is 10.6 Å². The van der Waals surface area contributed by atoms with Crippen LogP contribution in [0, 0.1) is 0 Å². The second-order valence-corrected chi connectivity index (χ2v) is 6.92. The van der Waals surface area contributed by atoms with E-state index in [4.69, 9.17) is 9.47 Å². The first kappa shape index (κ1) is 21.4. The van der Waals surface area contributed by atoms with Crippen LogP contribution < -0.4 is 15.4 Å². The van der Waals surface area contributed by atoms with Gasteiger partial charge in [-0.3, -0.25) is 4.99 Å². The highest BCUT2D eigenvalue weighted by Gasteiger charge is 2.12. The fourth-order valence-corrected chi connectivity index (χ4v) is 3.28. The van der Waals surface area contributed by atoms with Crippen LogP contribution in [0.15, 0.2) is 23.2 Å². The molecule has 27 heavy (non-hydrogen) atoms. The number of hydrogen-bond acceptors (Lipinski definition) is 4. The smallest absolute Gasteiger partial charge is 0.191 e. The van der Waals surface area contributed by atoms with Crippen LogP contribution in [0.25, 0.3) is 0 Å². The van der Waals surface area contributed by atoms with Crippen LogP contribution in [0.2, 0.25) is 0 Å². The molecule has 1 aromatic carbocycles. The molecular formula is C21H35N3O3. The number of phenols is 1. The van der Waals surface area contributed by atoms with Gasteiger partial charge in [0.15, 0.2) is 5.96 Å². The molecule has 0 heterocycles. The van der Waals surface area contributed by atoms with E-state index < -0.39 is 0 Å². The standard InChI is InChI=1S/C21H35N3O3/c1-3-22-21(23-13-7-15-27-18-8-5-4-6-9-18)24-14-12-17-10-11-19(26-2)16-20(17)25/h10-11,16,18,25H,3-9,12-15H2,1-2H3,(H2,22,23,24). The van der Waals surface area contributed by atoms with Crippen molar-refractivity contribution >= 4 is 5.96 Å². The minimum atomic E-state index is 0.262. The lowest BCUT2D eigenvalue weighted by Gasteiger charge is -2.21. The van der Waals surface area contributed by atoms with Gasteiger partial charge in [-0.05, 0) is 44.2 Å². The molecule has 2 rings (SSSR count). The van der Waals surface area contributed by atoms with Crippen LogP contribution in [-0.4, -0.2) is 50.5 Å².